The molecule has 0 saturated heterocycles. The first-order valence-corrected chi connectivity index (χ1v) is 9.89. The number of aromatic nitrogens is 2. The summed E-state index contributed by atoms with van der Waals surface area (Å²) in [6.45, 7) is 1.78. The van der Waals surface area contributed by atoms with Gasteiger partial charge in [0.15, 0.2) is 0 Å². The lowest BCUT2D eigenvalue weighted by molar-refractivity contribution is 0.101. The largest absolute Gasteiger partial charge is 0.494 e. The molecule has 2 heterocycles. The van der Waals surface area contributed by atoms with Gasteiger partial charge in [0.25, 0.3) is 11.8 Å². The van der Waals surface area contributed by atoms with Crippen LogP contribution >= 0.6 is 0 Å². The lowest BCUT2D eigenvalue weighted by Gasteiger charge is -2.16. The Bertz CT molecular complexity index is 1300. The number of benzene rings is 2. The number of aryl methyl sites for hydroxylation is 1. The number of hydrogen-bond acceptors (Lipinski definition) is 5. The number of amides is 2. The monoisotopic (exact) mass is 430 g/mol. The van der Waals surface area contributed by atoms with E-state index in [0.29, 0.717) is 45.5 Å². The zero-order chi connectivity index (χ0) is 22.7. The molecule has 2 N–H and O–H groups in total. The van der Waals surface area contributed by atoms with Gasteiger partial charge in [-0.15, -0.1) is 0 Å². The predicted octanol–water partition coefficient (Wildman–Crippen LogP) is 4.16. The van der Waals surface area contributed by atoms with Crippen LogP contribution in [-0.2, 0) is 0 Å². The summed E-state index contributed by atoms with van der Waals surface area (Å²) < 4.78 is 12.6. The van der Waals surface area contributed by atoms with E-state index in [2.05, 4.69) is 15.6 Å². The van der Waals surface area contributed by atoms with E-state index >= 15 is 0 Å². The van der Waals surface area contributed by atoms with Crippen LogP contribution in [0.1, 0.15) is 26.5 Å². The number of hydrogen-bond donors (Lipinski definition) is 2. The number of anilines is 2. The summed E-state index contributed by atoms with van der Waals surface area (Å²) >= 11 is 0. The Hall–Kier alpha value is -4.33. The van der Waals surface area contributed by atoms with Crippen LogP contribution in [0.25, 0.3) is 5.65 Å². The molecule has 162 valence electrons. The highest BCUT2D eigenvalue weighted by Crippen LogP contribution is 2.37. The lowest BCUT2D eigenvalue weighted by atomic mass is 10.2. The van der Waals surface area contributed by atoms with Crippen molar-refractivity contribution in [3.05, 3.63) is 83.8 Å². The number of pyridine rings is 1. The number of nitrogens with zero attached hydrogens (tertiary/aromatic N) is 2. The summed E-state index contributed by atoms with van der Waals surface area (Å²) in [5, 5.41) is 5.69. The van der Waals surface area contributed by atoms with E-state index in [1.165, 1.54) is 14.2 Å². The Morgan fingerprint density at radius 1 is 0.844 bits per heavy atom. The van der Waals surface area contributed by atoms with Crippen LogP contribution in [0.2, 0.25) is 0 Å². The minimum Gasteiger partial charge on any atom is -0.494 e. The topological polar surface area (TPSA) is 94.0 Å². The molecule has 0 bridgehead atoms. The van der Waals surface area contributed by atoms with Gasteiger partial charge in [-0.25, -0.2) is 4.98 Å². The third kappa shape index (κ3) is 3.98. The van der Waals surface area contributed by atoms with Crippen LogP contribution < -0.4 is 20.1 Å². The average Bonchev–Trinajstić information content (AvgIpc) is 3.15. The van der Waals surface area contributed by atoms with Crippen LogP contribution in [0, 0.1) is 6.92 Å². The van der Waals surface area contributed by atoms with Gasteiger partial charge in [0.1, 0.15) is 22.8 Å². The van der Waals surface area contributed by atoms with Crippen LogP contribution in [0.3, 0.4) is 0 Å². The van der Waals surface area contributed by atoms with Gasteiger partial charge in [-0.05, 0) is 31.2 Å². The summed E-state index contributed by atoms with van der Waals surface area (Å²) in [7, 11) is 2.97. The van der Waals surface area contributed by atoms with Gasteiger partial charge in [-0.1, -0.05) is 24.3 Å². The summed E-state index contributed by atoms with van der Waals surface area (Å²) in [6, 6.07) is 17.6. The zero-order valence-corrected chi connectivity index (χ0v) is 17.9. The van der Waals surface area contributed by atoms with Crippen LogP contribution in [-0.4, -0.2) is 35.4 Å². The van der Waals surface area contributed by atoms with Gasteiger partial charge in [0.2, 0.25) is 0 Å². The predicted molar refractivity (Wildman–Crippen MR) is 122 cm³/mol. The molecular formula is C24H22N4O4. The fourth-order valence-electron chi connectivity index (χ4n) is 3.45. The van der Waals surface area contributed by atoms with Crippen molar-refractivity contribution in [2.24, 2.45) is 0 Å². The summed E-state index contributed by atoms with van der Waals surface area (Å²) in [4.78, 5) is 30.1. The second-order valence-electron chi connectivity index (χ2n) is 7.00. The molecule has 32 heavy (non-hydrogen) atoms. The highest BCUT2D eigenvalue weighted by Gasteiger charge is 2.20. The third-order valence-corrected chi connectivity index (χ3v) is 4.97. The Balaban J connectivity index is 1.65. The molecule has 2 amide bonds. The molecule has 0 unspecified atom stereocenters. The number of carbonyl (C=O) groups is 2. The Morgan fingerprint density at radius 2 is 1.44 bits per heavy atom. The fourth-order valence-corrected chi connectivity index (χ4v) is 3.45. The average molecular weight is 430 g/mol. The Kier molecular flexibility index (Phi) is 5.76. The zero-order valence-electron chi connectivity index (χ0n) is 17.9. The number of carbonyl (C=O) groups excluding carboxylic acids is 2. The van der Waals surface area contributed by atoms with Crippen LogP contribution in [0.4, 0.5) is 11.4 Å². The number of fused-ring (bicyclic) bond motifs is 1. The molecule has 2 aromatic heterocycles. The fraction of sp³-hybridized carbons (Fsp3) is 0.125. The van der Waals surface area contributed by atoms with Crippen molar-refractivity contribution in [3.8, 4) is 11.5 Å². The maximum Gasteiger partial charge on any atom is 0.274 e. The SMILES string of the molecule is COc1cc(NC(=O)c2c(C)nc3ccccn23)c(OC)cc1NC(=O)c1ccccc1. The van der Waals surface area contributed by atoms with Gasteiger partial charge in [0, 0.05) is 23.9 Å². The van der Waals surface area contributed by atoms with Crippen molar-refractivity contribution < 1.29 is 19.1 Å². The molecule has 2 aromatic carbocycles. The van der Waals surface area contributed by atoms with Crippen molar-refractivity contribution in [1.29, 1.82) is 0 Å². The molecule has 0 aliphatic rings. The molecule has 4 aromatic rings. The Labute approximate surface area is 184 Å². The third-order valence-electron chi connectivity index (χ3n) is 4.97. The molecule has 8 nitrogen and oxygen atoms in total. The van der Waals surface area contributed by atoms with Gasteiger partial charge >= 0.3 is 0 Å². The number of ether oxygens (including phenoxy) is 2. The maximum atomic E-state index is 13.1. The molecule has 4 rings (SSSR count). The number of methoxy groups -OCH3 is 2. The van der Waals surface area contributed by atoms with E-state index in [1.54, 1.807) is 53.9 Å². The summed E-state index contributed by atoms with van der Waals surface area (Å²) in [5.74, 6) is 0.112. The normalized spacial score (nSPS) is 10.6. The second-order valence-corrected chi connectivity index (χ2v) is 7.00. The second kappa shape index (κ2) is 8.81. The summed E-state index contributed by atoms with van der Waals surface area (Å²) in [5.41, 5.74) is 3.03. The molecule has 0 spiro atoms. The molecule has 0 fully saturated rings. The summed E-state index contributed by atoms with van der Waals surface area (Å²) in [6.07, 6.45) is 1.78. The molecule has 0 aliphatic heterocycles. The van der Waals surface area contributed by atoms with Crippen LogP contribution in [0.15, 0.2) is 66.9 Å². The van der Waals surface area contributed by atoms with E-state index in [4.69, 9.17) is 9.47 Å². The standard InChI is InChI=1S/C24H22N4O4/c1-15-22(28-12-8-7-11-21(28)25-15)24(30)27-18-14-19(31-2)17(13-20(18)32-3)26-23(29)16-9-5-4-6-10-16/h4-14H,1-3H3,(H,26,29)(H,27,30). The highest BCUT2D eigenvalue weighted by atomic mass is 16.5. The van der Waals surface area contributed by atoms with E-state index in [-0.39, 0.29) is 11.8 Å². The molecule has 0 radical (unpaired) electrons. The first kappa shape index (κ1) is 20.9. The Morgan fingerprint density at radius 3 is 2.06 bits per heavy atom. The van der Waals surface area contributed by atoms with Crippen molar-refractivity contribution in [3.63, 3.8) is 0 Å². The first-order valence-electron chi connectivity index (χ1n) is 9.89. The molecule has 8 heteroatoms. The van der Waals surface area contributed by atoms with Crippen molar-refractivity contribution in [1.82, 2.24) is 9.38 Å². The number of imidazole rings is 1. The van der Waals surface area contributed by atoms with Gasteiger partial charge in [-0.2, -0.15) is 0 Å². The highest BCUT2D eigenvalue weighted by molar-refractivity contribution is 6.07. The van der Waals surface area contributed by atoms with Crippen molar-refractivity contribution in [2.45, 2.75) is 6.92 Å². The van der Waals surface area contributed by atoms with Gasteiger partial charge in [-0.3, -0.25) is 14.0 Å². The lowest BCUT2D eigenvalue weighted by Crippen LogP contribution is -2.17. The van der Waals surface area contributed by atoms with E-state index in [0.717, 1.165) is 0 Å². The molecular weight excluding hydrogens is 408 g/mol. The van der Waals surface area contributed by atoms with E-state index < -0.39 is 0 Å². The van der Waals surface area contributed by atoms with Crippen molar-refractivity contribution in [2.75, 3.05) is 24.9 Å². The van der Waals surface area contributed by atoms with Gasteiger partial charge in [0.05, 0.1) is 31.3 Å². The molecule has 0 aliphatic carbocycles. The first-order chi connectivity index (χ1) is 15.5. The van der Waals surface area contributed by atoms with E-state index in [9.17, 15) is 9.59 Å². The molecule has 0 saturated carbocycles. The number of rotatable bonds is 6. The minimum atomic E-state index is -0.345. The van der Waals surface area contributed by atoms with Crippen LogP contribution in [0.5, 0.6) is 11.5 Å². The van der Waals surface area contributed by atoms with Crippen molar-refractivity contribution >= 4 is 28.8 Å². The quantitative estimate of drug-likeness (QED) is 0.479. The molecule has 0 atom stereocenters. The smallest absolute Gasteiger partial charge is 0.274 e. The minimum absolute atomic E-state index is 0.288. The van der Waals surface area contributed by atoms with Gasteiger partial charge < -0.3 is 20.1 Å². The van der Waals surface area contributed by atoms with E-state index in [1.807, 2.05) is 24.3 Å². The maximum absolute atomic E-state index is 13.1. The number of nitrogens with one attached hydrogen (secondary N) is 2.